The van der Waals surface area contributed by atoms with Crippen molar-refractivity contribution in [2.75, 3.05) is 6.54 Å². The summed E-state index contributed by atoms with van der Waals surface area (Å²) in [6.07, 6.45) is 2.79. The Morgan fingerprint density at radius 1 is 1.47 bits per heavy atom. The van der Waals surface area contributed by atoms with Crippen molar-refractivity contribution in [3.63, 3.8) is 0 Å². The molecular formula is C11H22N2O2. The average Bonchev–Trinajstić information content (AvgIpc) is 2.48. The molecule has 3 N–H and O–H groups in total. The van der Waals surface area contributed by atoms with E-state index in [4.69, 9.17) is 10.5 Å². The van der Waals surface area contributed by atoms with Crippen LogP contribution >= 0.6 is 0 Å². The van der Waals surface area contributed by atoms with Gasteiger partial charge in [0.05, 0.1) is 0 Å². The Balaban J connectivity index is 2.28. The van der Waals surface area contributed by atoms with E-state index in [1.54, 1.807) is 0 Å². The summed E-state index contributed by atoms with van der Waals surface area (Å²) in [6, 6.07) is 0.244. The van der Waals surface area contributed by atoms with Gasteiger partial charge in [-0.1, -0.05) is 0 Å². The lowest BCUT2D eigenvalue weighted by molar-refractivity contribution is 0.0504. The van der Waals surface area contributed by atoms with Crippen LogP contribution < -0.4 is 11.1 Å². The molecule has 2 atom stereocenters. The highest BCUT2D eigenvalue weighted by atomic mass is 16.6. The number of carbonyl (C=O) groups is 1. The third kappa shape index (κ3) is 4.51. The van der Waals surface area contributed by atoms with Crippen LogP contribution in [0.25, 0.3) is 0 Å². The summed E-state index contributed by atoms with van der Waals surface area (Å²) >= 11 is 0. The fraction of sp³-hybridized carbons (Fsp3) is 0.909. The van der Waals surface area contributed by atoms with Crippen LogP contribution in [-0.4, -0.2) is 24.3 Å². The van der Waals surface area contributed by atoms with Gasteiger partial charge in [-0.15, -0.1) is 0 Å². The molecule has 1 amide bonds. The van der Waals surface area contributed by atoms with E-state index in [0.29, 0.717) is 12.5 Å². The Labute approximate surface area is 91.5 Å². The highest BCUT2D eigenvalue weighted by Crippen LogP contribution is 2.24. The Bertz CT molecular complexity index is 223. The summed E-state index contributed by atoms with van der Waals surface area (Å²) in [6.45, 7) is 6.31. The quantitative estimate of drug-likeness (QED) is 0.734. The van der Waals surface area contributed by atoms with Crippen LogP contribution in [0.3, 0.4) is 0 Å². The van der Waals surface area contributed by atoms with Gasteiger partial charge in [0.25, 0.3) is 0 Å². The summed E-state index contributed by atoms with van der Waals surface area (Å²) < 4.78 is 5.19. The highest BCUT2D eigenvalue weighted by molar-refractivity contribution is 5.68. The largest absolute Gasteiger partial charge is 0.444 e. The highest BCUT2D eigenvalue weighted by Gasteiger charge is 2.26. The smallest absolute Gasteiger partial charge is 0.407 e. The fourth-order valence-corrected chi connectivity index (χ4v) is 1.89. The van der Waals surface area contributed by atoms with E-state index < -0.39 is 5.60 Å². The summed E-state index contributed by atoms with van der Waals surface area (Å²) in [5, 5.41) is 2.88. The van der Waals surface area contributed by atoms with Crippen molar-refractivity contribution >= 4 is 6.09 Å². The van der Waals surface area contributed by atoms with E-state index >= 15 is 0 Å². The van der Waals surface area contributed by atoms with E-state index in [-0.39, 0.29) is 12.1 Å². The molecule has 0 aliphatic heterocycles. The number of hydrogen-bond acceptors (Lipinski definition) is 3. The normalized spacial score (nSPS) is 26.4. The van der Waals surface area contributed by atoms with E-state index in [1.807, 2.05) is 20.8 Å². The lowest BCUT2D eigenvalue weighted by atomic mass is 10.1. The lowest BCUT2D eigenvalue weighted by Gasteiger charge is -2.21. The summed E-state index contributed by atoms with van der Waals surface area (Å²) in [4.78, 5) is 11.4. The molecular weight excluding hydrogens is 192 g/mol. The number of ether oxygens (including phenoxy) is 1. The minimum Gasteiger partial charge on any atom is -0.444 e. The van der Waals surface area contributed by atoms with Crippen LogP contribution in [0.15, 0.2) is 0 Å². The molecule has 88 valence electrons. The number of alkyl carbamates (subject to hydrolysis) is 1. The monoisotopic (exact) mass is 214 g/mol. The van der Waals surface area contributed by atoms with Crippen molar-refractivity contribution in [2.45, 2.75) is 51.7 Å². The van der Waals surface area contributed by atoms with Crippen LogP contribution in [0, 0.1) is 5.92 Å². The standard InChI is InChI=1S/C11H22N2O2/c1-11(2,3)15-10(14)13-9-5-4-8(6-9)7-12/h8-9H,4-7,12H2,1-3H3,(H,13,14). The molecule has 0 aromatic carbocycles. The number of carbonyl (C=O) groups excluding carboxylic acids is 1. The predicted molar refractivity (Wildman–Crippen MR) is 59.6 cm³/mol. The van der Waals surface area contributed by atoms with Gasteiger partial charge in [0.2, 0.25) is 0 Å². The molecule has 4 heteroatoms. The topological polar surface area (TPSA) is 64.3 Å². The Kier molecular flexibility index (Phi) is 3.97. The van der Waals surface area contributed by atoms with Gasteiger partial charge in [-0.25, -0.2) is 4.79 Å². The molecule has 0 aromatic heterocycles. The summed E-state index contributed by atoms with van der Waals surface area (Å²) in [5.41, 5.74) is 5.16. The number of nitrogens with two attached hydrogens (primary N) is 1. The molecule has 0 radical (unpaired) electrons. The van der Waals surface area contributed by atoms with Crippen LogP contribution in [0.5, 0.6) is 0 Å². The van der Waals surface area contributed by atoms with Crippen molar-refractivity contribution in [2.24, 2.45) is 11.7 Å². The molecule has 2 unspecified atom stereocenters. The third-order valence-corrected chi connectivity index (χ3v) is 2.60. The van der Waals surface area contributed by atoms with Gasteiger partial charge in [-0.05, 0) is 52.5 Å². The second kappa shape index (κ2) is 4.84. The molecule has 15 heavy (non-hydrogen) atoms. The molecule has 0 saturated heterocycles. The zero-order valence-electron chi connectivity index (χ0n) is 9.88. The second-order valence-electron chi connectivity index (χ2n) is 5.26. The second-order valence-corrected chi connectivity index (χ2v) is 5.26. The maximum absolute atomic E-state index is 11.4. The van der Waals surface area contributed by atoms with Gasteiger partial charge in [-0.2, -0.15) is 0 Å². The molecule has 0 bridgehead atoms. The number of hydrogen-bond donors (Lipinski definition) is 2. The minimum absolute atomic E-state index is 0.244. The molecule has 1 saturated carbocycles. The Morgan fingerprint density at radius 2 is 2.13 bits per heavy atom. The van der Waals surface area contributed by atoms with Gasteiger partial charge >= 0.3 is 6.09 Å². The molecule has 1 aliphatic carbocycles. The van der Waals surface area contributed by atoms with Crippen molar-refractivity contribution in [1.82, 2.24) is 5.32 Å². The zero-order valence-corrected chi connectivity index (χ0v) is 9.88. The van der Waals surface area contributed by atoms with Gasteiger partial charge in [0, 0.05) is 6.04 Å². The zero-order chi connectivity index (χ0) is 11.5. The number of rotatable bonds is 2. The van der Waals surface area contributed by atoms with E-state index in [0.717, 1.165) is 19.3 Å². The molecule has 0 heterocycles. The van der Waals surface area contributed by atoms with Crippen molar-refractivity contribution in [3.05, 3.63) is 0 Å². The summed E-state index contributed by atoms with van der Waals surface area (Å²) in [5.74, 6) is 0.560. The first kappa shape index (κ1) is 12.3. The molecule has 0 spiro atoms. The van der Waals surface area contributed by atoms with Crippen LogP contribution in [0.4, 0.5) is 4.79 Å². The van der Waals surface area contributed by atoms with E-state index in [9.17, 15) is 4.79 Å². The predicted octanol–water partition coefficient (Wildman–Crippen LogP) is 1.64. The first-order valence-electron chi connectivity index (χ1n) is 5.60. The molecule has 1 fully saturated rings. The maximum Gasteiger partial charge on any atom is 0.407 e. The van der Waals surface area contributed by atoms with Gasteiger partial charge in [-0.3, -0.25) is 0 Å². The Morgan fingerprint density at radius 3 is 2.60 bits per heavy atom. The maximum atomic E-state index is 11.4. The number of nitrogens with one attached hydrogen (secondary N) is 1. The summed E-state index contributed by atoms with van der Waals surface area (Å²) in [7, 11) is 0. The fourth-order valence-electron chi connectivity index (χ4n) is 1.89. The first-order chi connectivity index (χ1) is 6.90. The van der Waals surface area contributed by atoms with Crippen LogP contribution in [-0.2, 0) is 4.74 Å². The average molecular weight is 214 g/mol. The van der Waals surface area contributed by atoms with Crippen LogP contribution in [0.2, 0.25) is 0 Å². The van der Waals surface area contributed by atoms with Crippen LogP contribution in [0.1, 0.15) is 40.0 Å². The lowest BCUT2D eigenvalue weighted by Crippen LogP contribution is -2.38. The van der Waals surface area contributed by atoms with E-state index in [2.05, 4.69) is 5.32 Å². The van der Waals surface area contributed by atoms with Gasteiger partial charge in [0.1, 0.15) is 5.60 Å². The molecule has 4 nitrogen and oxygen atoms in total. The Hall–Kier alpha value is -0.770. The molecule has 1 rings (SSSR count). The molecule has 0 aromatic rings. The number of amides is 1. The van der Waals surface area contributed by atoms with Crippen molar-refractivity contribution < 1.29 is 9.53 Å². The minimum atomic E-state index is -0.421. The SMILES string of the molecule is CC(C)(C)OC(=O)NC1CCC(CN)C1. The molecule has 1 aliphatic rings. The van der Waals surface area contributed by atoms with E-state index in [1.165, 1.54) is 0 Å². The van der Waals surface area contributed by atoms with Gasteiger partial charge in [0.15, 0.2) is 0 Å². The van der Waals surface area contributed by atoms with Crippen molar-refractivity contribution in [1.29, 1.82) is 0 Å². The van der Waals surface area contributed by atoms with Crippen molar-refractivity contribution in [3.8, 4) is 0 Å². The third-order valence-electron chi connectivity index (χ3n) is 2.60. The first-order valence-corrected chi connectivity index (χ1v) is 5.60. The van der Waals surface area contributed by atoms with Gasteiger partial charge < -0.3 is 15.8 Å².